The summed E-state index contributed by atoms with van der Waals surface area (Å²) in [6.45, 7) is 1.75. The van der Waals surface area contributed by atoms with Crippen LogP contribution in [0.5, 0.6) is 0 Å². The predicted molar refractivity (Wildman–Crippen MR) is 55.3 cm³/mol. The third kappa shape index (κ3) is 2.10. The van der Waals surface area contributed by atoms with Crippen LogP contribution in [-0.4, -0.2) is 29.8 Å². The molecule has 0 amide bonds. The number of rotatable bonds is 3. The summed E-state index contributed by atoms with van der Waals surface area (Å²) >= 11 is 1.41. The van der Waals surface area contributed by atoms with Crippen molar-refractivity contribution in [1.82, 2.24) is 14.9 Å². The van der Waals surface area contributed by atoms with Crippen LogP contribution < -0.4 is 5.32 Å². The minimum absolute atomic E-state index is 0.345. The summed E-state index contributed by atoms with van der Waals surface area (Å²) in [7, 11) is 1.99. The predicted octanol–water partition coefficient (Wildman–Crippen LogP) is 1.23. The fourth-order valence-electron chi connectivity index (χ4n) is 1.98. The van der Waals surface area contributed by atoms with E-state index in [9.17, 15) is 0 Å². The van der Waals surface area contributed by atoms with Crippen molar-refractivity contribution >= 4 is 11.5 Å². The van der Waals surface area contributed by atoms with Crippen LogP contribution >= 0.6 is 11.5 Å². The zero-order valence-corrected chi connectivity index (χ0v) is 9.09. The number of hydrogen-bond donors (Lipinski definition) is 1. The zero-order chi connectivity index (χ0) is 9.80. The van der Waals surface area contributed by atoms with Gasteiger partial charge in [-0.05, 0) is 37.3 Å². The van der Waals surface area contributed by atoms with Gasteiger partial charge < -0.3 is 10.1 Å². The Morgan fingerprint density at radius 3 is 2.93 bits per heavy atom. The first-order valence-corrected chi connectivity index (χ1v) is 5.77. The highest BCUT2D eigenvalue weighted by Crippen LogP contribution is 2.28. The Balaban J connectivity index is 2.04. The highest BCUT2D eigenvalue weighted by Gasteiger charge is 2.25. The summed E-state index contributed by atoms with van der Waals surface area (Å²) in [4.78, 5) is 0. The van der Waals surface area contributed by atoms with Crippen LogP contribution in [0.15, 0.2) is 5.38 Å². The van der Waals surface area contributed by atoms with Gasteiger partial charge in [-0.3, -0.25) is 0 Å². The minimum atomic E-state index is 0.345. The molecule has 1 aromatic rings. The first-order valence-electron chi connectivity index (χ1n) is 4.94. The van der Waals surface area contributed by atoms with Crippen LogP contribution in [0.3, 0.4) is 0 Å². The van der Waals surface area contributed by atoms with Gasteiger partial charge in [0, 0.05) is 18.6 Å². The molecule has 0 spiro atoms. The Hall–Kier alpha value is -0.520. The van der Waals surface area contributed by atoms with Crippen molar-refractivity contribution in [2.45, 2.75) is 18.9 Å². The third-order valence-corrected chi connectivity index (χ3v) is 3.27. The van der Waals surface area contributed by atoms with Crippen LogP contribution in [0.2, 0.25) is 0 Å². The molecule has 14 heavy (non-hydrogen) atoms. The van der Waals surface area contributed by atoms with E-state index >= 15 is 0 Å². The summed E-state index contributed by atoms with van der Waals surface area (Å²) < 4.78 is 9.26. The lowest BCUT2D eigenvalue weighted by Gasteiger charge is -2.28. The fourth-order valence-corrected chi connectivity index (χ4v) is 2.47. The van der Waals surface area contributed by atoms with Crippen molar-refractivity contribution in [2.24, 2.45) is 5.92 Å². The Labute approximate surface area is 87.8 Å². The van der Waals surface area contributed by atoms with E-state index in [2.05, 4.69) is 14.9 Å². The monoisotopic (exact) mass is 213 g/mol. The van der Waals surface area contributed by atoms with E-state index in [-0.39, 0.29) is 0 Å². The second-order valence-electron chi connectivity index (χ2n) is 3.55. The molecule has 0 saturated carbocycles. The van der Waals surface area contributed by atoms with Crippen LogP contribution in [0, 0.1) is 5.92 Å². The molecule has 1 aromatic heterocycles. The number of hydrogen-bond acceptors (Lipinski definition) is 5. The summed E-state index contributed by atoms with van der Waals surface area (Å²) in [5.41, 5.74) is 1.07. The smallest absolute Gasteiger partial charge is 0.0927 e. The van der Waals surface area contributed by atoms with E-state index in [0.717, 1.165) is 31.7 Å². The van der Waals surface area contributed by atoms with Gasteiger partial charge in [-0.2, -0.15) is 0 Å². The lowest BCUT2D eigenvalue weighted by atomic mass is 9.90. The molecular weight excluding hydrogens is 198 g/mol. The zero-order valence-electron chi connectivity index (χ0n) is 8.27. The van der Waals surface area contributed by atoms with E-state index in [1.54, 1.807) is 0 Å². The molecule has 0 aromatic carbocycles. The van der Waals surface area contributed by atoms with E-state index < -0.39 is 0 Å². The van der Waals surface area contributed by atoms with Crippen molar-refractivity contribution in [1.29, 1.82) is 0 Å². The topological polar surface area (TPSA) is 47.0 Å². The van der Waals surface area contributed by atoms with Gasteiger partial charge in [-0.1, -0.05) is 4.49 Å². The number of ether oxygens (including phenoxy) is 1. The van der Waals surface area contributed by atoms with Gasteiger partial charge in [-0.15, -0.1) is 5.10 Å². The molecule has 5 heteroatoms. The molecule has 4 nitrogen and oxygen atoms in total. The quantitative estimate of drug-likeness (QED) is 0.820. The average molecular weight is 213 g/mol. The highest BCUT2D eigenvalue weighted by molar-refractivity contribution is 7.03. The van der Waals surface area contributed by atoms with Gasteiger partial charge in [0.05, 0.1) is 11.7 Å². The Morgan fingerprint density at radius 1 is 1.57 bits per heavy atom. The van der Waals surface area contributed by atoms with Crippen molar-refractivity contribution in [3.8, 4) is 0 Å². The molecule has 1 unspecified atom stereocenters. The Bertz CT molecular complexity index is 259. The first-order chi connectivity index (χ1) is 6.92. The van der Waals surface area contributed by atoms with E-state index in [0.29, 0.717) is 12.0 Å². The van der Waals surface area contributed by atoms with Crippen LogP contribution in [-0.2, 0) is 4.74 Å². The molecule has 2 rings (SSSR count). The van der Waals surface area contributed by atoms with E-state index in [1.807, 2.05) is 12.4 Å². The fraction of sp³-hybridized carbons (Fsp3) is 0.778. The lowest BCUT2D eigenvalue weighted by Crippen LogP contribution is -2.30. The largest absolute Gasteiger partial charge is 0.381 e. The lowest BCUT2D eigenvalue weighted by molar-refractivity contribution is 0.0541. The minimum Gasteiger partial charge on any atom is -0.381 e. The summed E-state index contributed by atoms with van der Waals surface area (Å²) in [6, 6.07) is 0.345. The molecule has 1 fully saturated rings. The van der Waals surface area contributed by atoms with E-state index in [1.165, 1.54) is 11.5 Å². The number of aromatic nitrogens is 2. The first kappa shape index (κ1) is 10.0. The second kappa shape index (κ2) is 4.82. The SMILES string of the molecule is CNC(c1csnn1)C1CCOCC1. The van der Waals surface area contributed by atoms with Gasteiger partial charge in [0.1, 0.15) is 0 Å². The van der Waals surface area contributed by atoms with Gasteiger partial charge >= 0.3 is 0 Å². The molecule has 0 bridgehead atoms. The molecule has 1 N–H and O–H groups in total. The molecule has 1 aliphatic heterocycles. The standard InChI is InChI=1S/C9H15N3OS/c1-10-9(8-6-14-12-11-8)7-2-4-13-5-3-7/h6-7,9-10H,2-5H2,1H3. The van der Waals surface area contributed by atoms with Gasteiger partial charge in [-0.25, -0.2) is 0 Å². The Kier molecular flexibility index (Phi) is 3.44. The van der Waals surface area contributed by atoms with Crippen molar-refractivity contribution in [3.05, 3.63) is 11.1 Å². The van der Waals surface area contributed by atoms with Gasteiger partial charge in [0.15, 0.2) is 0 Å². The van der Waals surface area contributed by atoms with Crippen molar-refractivity contribution in [2.75, 3.05) is 20.3 Å². The molecule has 1 saturated heterocycles. The molecule has 1 aliphatic rings. The summed E-state index contributed by atoms with van der Waals surface area (Å²) in [6.07, 6.45) is 2.23. The molecule has 0 aliphatic carbocycles. The van der Waals surface area contributed by atoms with Crippen LogP contribution in [0.25, 0.3) is 0 Å². The molecule has 1 atom stereocenters. The normalized spacial score (nSPS) is 20.9. The Morgan fingerprint density at radius 2 is 2.36 bits per heavy atom. The second-order valence-corrected chi connectivity index (χ2v) is 4.16. The maximum absolute atomic E-state index is 5.35. The van der Waals surface area contributed by atoms with E-state index in [4.69, 9.17) is 4.74 Å². The van der Waals surface area contributed by atoms with Crippen molar-refractivity contribution in [3.63, 3.8) is 0 Å². The highest BCUT2D eigenvalue weighted by atomic mass is 32.1. The van der Waals surface area contributed by atoms with Gasteiger partial charge in [0.25, 0.3) is 0 Å². The maximum atomic E-state index is 5.35. The van der Waals surface area contributed by atoms with Crippen molar-refractivity contribution < 1.29 is 4.74 Å². The van der Waals surface area contributed by atoms with Gasteiger partial charge in [0.2, 0.25) is 0 Å². The maximum Gasteiger partial charge on any atom is 0.0927 e. The molecule has 2 heterocycles. The average Bonchev–Trinajstić information content (AvgIpc) is 2.74. The molecule has 78 valence electrons. The summed E-state index contributed by atoms with van der Waals surface area (Å²) in [5.74, 6) is 0.637. The molecule has 0 radical (unpaired) electrons. The third-order valence-electron chi connectivity index (χ3n) is 2.74. The van der Waals surface area contributed by atoms with Crippen LogP contribution in [0.1, 0.15) is 24.6 Å². The summed E-state index contributed by atoms with van der Waals surface area (Å²) in [5, 5.41) is 9.48. The van der Waals surface area contributed by atoms with Crippen LogP contribution in [0.4, 0.5) is 0 Å². The number of nitrogens with one attached hydrogen (secondary N) is 1. The molecular formula is C9H15N3OS. The number of nitrogens with zero attached hydrogens (tertiary/aromatic N) is 2.